The van der Waals surface area contributed by atoms with Gasteiger partial charge in [-0.15, -0.1) is 0 Å². The van der Waals surface area contributed by atoms with E-state index in [-0.39, 0.29) is 0 Å². The molecule has 136 valence electrons. The molecule has 11 heteroatoms. The van der Waals surface area contributed by atoms with E-state index in [1.807, 2.05) is 0 Å². The average molecular weight is 380 g/mol. The number of rotatable bonds is 3. The van der Waals surface area contributed by atoms with Crippen LogP contribution in [0.1, 0.15) is 16.9 Å². The van der Waals surface area contributed by atoms with Gasteiger partial charge in [0, 0.05) is 0 Å². The van der Waals surface area contributed by atoms with E-state index in [0.717, 1.165) is 18.2 Å². The second-order valence-corrected chi connectivity index (χ2v) is 5.25. The molecule has 2 nitrogen and oxygen atoms in total. The lowest BCUT2D eigenvalue weighted by Crippen LogP contribution is -2.31. The lowest BCUT2D eigenvalue weighted by molar-refractivity contribution is 0.322. The summed E-state index contributed by atoms with van der Waals surface area (Å²) in [6.07, 6.45) is 0. The summed E-state index contributed by atoms with van der Waals surface area (Å²) in [5.41, 5.74) is -1.30. The zero-order chi connectivity index (χ0) is 19.3. The molecule has 1 aliphatic carbocycles. The fourth-order valence-corrected chi connectivity index (χ4v) is 2.58. The molecule has 0 radical (unpaired) electrons. The molecule has 1 aliphatic rings. The van der Waals surface area contributed by atoms with Crippen LogP contribution in [-0.2, 0) is 0 Å². The van der Waals surface area contributed by atoms with Crippen molar-refractivity contribution in [2.75, 3.05) is 0 Å². The third kappa shape index (κ3) is 2.54. The van der Waals surface area contributed by atoms with E-state index in [1.165, 1.54) is 0 Å². The maximum absolute atomic E-state index is 14.0. The minimum absolute atomic E-state index is 0.462. The molecular formula is C15H5BF8O2. The van der Waals surface area contributed by atoms with Gasteiger partial charge in [0.1, 0.15) is 11.6 Å². The predicted octanol–water partition coefficient (Wildman–Crippen LogP) is 4.32. The SMILES string of the molecule is OB(Oc1c(F)c(F)c(F)c(F)c1F)C1C(F)=C(F)c2c(F)cccc21. The highest BCUT2D eigenvalue weighted by Gasteiger charge is 2.45. The van der Waals surface area contributed by atoms with Gasteiger partial charge < -0.3 is 9.68 Å². The second-order valence-electron chi connectivity index (χ2n) is 5.25. The molecule has 2 aromatic rings. The molecule has 1 N–H and O–H groups in total. The molecule has 0 aliphatic heterocycles. The Hall–Kier alpha value is -2.56. The predicted molar refractivity (Wildman–Crippen MR) is 73.1 cm³/mol. The van der Waals surface area contributed by atoms with Crippen molar-refractivity contribution in [3.05, 3.63) is 70.1 Å². The van der Waals surface area contributed by atoms with Crippen LogP contribution in [-0.4, -0.2) is 12.1 Å². The van der Waals surface area contributed by atoms with Crippen LogP contribution in [0.25, 0.3) is 5.83 Å². The minimum Gasteiger partial charge on any atom is -0.531 e. The number of hydrogen-bond donors (Lipinski definition) is 1. The van der Waals surface area contributed by atoms with Crippen LogP contribution in [0.15, 0.2) is 24.0 Å². The monoisotopic (exact) mass is 380 g/mol. The fraction of sp³-hybridized carbons (Fsp3) is 0.0667. The third-order valence-corrected chi connectivity index (χ3v) is 3.78. The molecule has 0 spiro atoms. The molecule has 0 amide bonds. The Morgan fingerprint density at radius 3 is 1.92 bits per heavy atom. The van der Waals surface area contributed by atoms with Crippen LogP contribution in [0.3, 0.4) is 0 Å². The smallest absolute Gasteiger partial charge is 0.531 e. The summed E-state index contributed by atoms with van der Waals surface area (Å²) in [6, 6.07) is 2.84. The van der Waals surface area contributed by atoms with Gasteiger partial charge in [-0.2, -0.15) is 8.78 Å². The van der Waals surface area contributed by atoms with Crippen molar-refractivity contribution in [1.82, 2.24) is 0 Å². The molecule has 0 saturated carbocycles. The first-order valence-electron chi connectivity index (χ1n) is 6.86. The maximum atomic E-state index is 14.0. The highest BCUT2D eigenvalue weighted by atomic mass is 19.2. The molecule has 26 heavy (non-hydrogen) atoms. The number of halogens is 8. The van der Waals surface area contributed by atoms with E-state index in [4.69, 9.17) is 0 Å². The Morgan fingerprint density at radius 1 is 0.808 bits per heavy atom. The van der Waals surface area contributed by atoms with Gasteiger partial charge in [-0.1, -0.05) is 12.1 Å². The molecule has 0 bridgehead atoms. The average Bonchev–Trinajstić information content (AvgIpc) is 2.87. The van der Waals surface area contributed by atoms with Crippen LogP contribution in [0.2, 0.25) is 0 Å². The first-order chi connectivity index (χ1) is 12.2. The van der Waals surface area contributed by atoms with Crippen molar-refractivity contribution in [3.63, 3.8) is 0 Å². The summed E-state index contributed by atoms with van der Waals surface area (Å²) in [7, 11) is -2.61. The van der Waals surface area contributed by atoms with E-state index in [0.29, 0.717) is 0 Å². The molecule has 1 unspecified atom stereocenters. The number of allylic oxidation sites excluding steroid dienone is 1. The van der Waals surface area contributed by atoms with Gasteiger partial charge in [-0.25, -0.2) is 26.3 Å². The van der Waals surface area contributed by atoms with E-state index < -0.39 is 76.4 Å². The summed E-state index contributed by atoms with van der Waals surface area (Å²) < 4.78 is 112. The van der Waals surface area contributed by atoms with Crippen LogP contribution in [0.4, 0.5) is 35.1 Å². The summed E-state index contributed by atoms with van der Waals surface area (Å²) in [5, 5.41) is 9.87. The highest BCUT2D eigenvalue weighted by molar-refractivity contribution is 6.47. The van der Waals surface area contributed by atoms with E-state index >= 15 is 0 Å². The Labute approximate surface area is 140 Å². The van der Waals surface area contributed by atoms with Crippen LogP contribution in [0, 0.1) is 34.9 Å². The quantitative estimate of drug-likeness (QED) is 0.372. The lowest BCUT2D eigenvalue weighted by Gasteiger charge is -2.18. The Bertz CT molecular complexity index is 917. The molecule has 0 saturated heterocycles. The van der Waals surface area contributed by atoms with Crippen molar-refractivity contribution < 1.29 is 44.8 Å². The van der Waals surface area contributed by atoms with Crippen LogP contribution >= 0.6 is 0 Å². The minimum atomic E-state index is -2.61. The van der Waals surface area contributed by atoms with Crippen LogP contribution in [0.5, 0.6) is 5.75 Å². The Kier molecular flexibility index (Phi) is 4.43. The van der Waals surface area contributed by atoms with Crippen molar-refractivity contribution in [2.24, 2.45) is 0 Å². The van der Waals surface area contributed by atoms with Crippen LogP contribution < -0.4 is 4.65 Å². The Balaban J connectivity index is 2.04. The summed E-state index contributed by atoms with van der Waals surface area (Å²) >= 11 is 0. The first kappa shape index (κ1) is 18.2. The van der Waals surface area contributed by atoms with E-state index in [2.05, 4.69) is 4.65 Å². The normalized spacial score (nSPS) is 16.1. The fourth-order valence-electron chi connectivity index (χ4n) is 2.58. The maximum Gasteiger partial charge on any atom is 0.538 e. The standard InChI is InChI=1S/C15H5BF8O2/c17-5-3-1-2-4-6(5)8(18)9(19)7(4)16(25)26-15-13(23)11(21)10(20)12(22)14(15)24/h1-3,7,25H. The van der Waals surface area contributed by atoms with Crippen molar-refractivity contribution >= 4 is 12.9 Å². The summed E-state index contributed by atoms with van der Waals surface area (Å²) in [6.45, 7) is 0. The van der Waals surface area contributed by atoms with Crippen molar-refractivity contribution in [3.8, 4) is 5.75 Å². The largest absolute Gasteiger partial charge is 0.538 e. The zero-order valence-corrected chi connectivity index (χ0v) is 12.3. The number of benzene rings is 2. The van der Waals surface area contributed by atoms with E-state index in [9.17, 15) is 40.1 Å². The van der Waals surface area contributed by atoms with Crippen molar-refractivity contribution in [2.45, 2.75) is 5.82 Å². The van der Waals surface area contributed by atoms with E-state index in [1.54, 1.807) is 0 Å². The second kappa shape index (κ2) is 6.31. The van der Waals surface area contributed by atoms with Gasteiger partial charge in [0.15, 0.2) is 11.6 Å². The number of hydrogen-bond acceptors (Lipinski definition) is 2. The van der Waals surface area contributed by atoms with Gasteiger partial charge in [0.2, 0.25) is 29.1 Å². The number of fused-ring (bicyclic) bond motifs is 1. The molecule has 2 aromatic carbocycles. The van der Waals surface area contributed by atoms with Gasteiger partial charge in [-0.05, 0) is 11.6 Å². The zero-order valence-electron chi connectivity index (χ0n) is 12.3. The lowest BCUT2D eigenvalue weighted by atomic mass is 9.69. The highest BCUT2D eigenvalue weighted by Crippen LogP contribution is 2.45. The molecular weight excluding hydrogens is 375 g/mol. The van der Waals surface area contributed by atoms with Gasteiger partial charge >= 0.3 is 7.12 Å². The molecule has 0 aromatic heterocycles. The molecule has 1 atom stereocenters. The van der Waals surface area contributed by atoms with Gasteiger partial charge in [0.05, 0.1) is 11.4 Å². The van der Waals surface area contributed by atoms with Gasteiger partial charge in [0.25, 0.3) is 0 Å². The molecule has 0 fully saturated rings. The first-order valence-corrected chi connectivity index (χ1v) is 6.86. The molecule has 3 rings (SSSR count). The topological polar surface area (TPSA) is 29.5 Å². The van der Waals surface area contributed by atoms with Gasteiger partial charge in [-0.3, -0.25) is 0 Å². The molecule has 0 heterocycles. The Morgan fingerprint density at radius 2 is 1.35 bits per heavy atom. The summed E-state index contributed by atoms with van der Waals surface area (Å²) in [4.78, 5) is 0. The third-order valence-electron chi connectivity index (χ3n) is 3.78. The van der Waals surface area contributed by atoms with Crippen molar-refractivity contribution in [1.29, 1.82) is 0 Å². The summed E-state index contributed by atoms with van der Waals surface area (Å²) in [5.74, 6) is -20.5.